The van der Waals surface area contributed by atoms with Gasteiger partial charge in [0.25, 0.3) is 5.91 Å². The summed E-state index contributed by atoms with van der Waals surface area (Å²) in [6.45, 7) is 5.24. The van der Waals surface area contributed by atoms with E-state index in [0.717, 1.165) is 37.8 Å². The van der Waals surface area contributed by atoms with Crippen molar-refractivity contribution in [3.63, 3.8) is 0 Å². The number of ether oxygens (including phenoxy) is 3. The lowest BCUT2D eigenvalue weighted by Crippen LogP contribution is -2.53. The number of allylic oxidation sites excluding steroid dienone is 1. The first-order valence-electron chi connectivity index (χ1n) is 17.3. The quantitative estimate of drug-likeness (QED) is 0.322. The predicted molar refractivity (Wildman–Crippen MR) is 188 cm³/mol. The first-order valence-corrected chi connectivity index (χ1v) is 19.2. The van der Waals surface area contributed by atoms with E-state index in [-0.39, 0.29) is 41.2 Å². The maximum Gasteiger partial charge on any atom is 0.334 e. The van der Waals surface area contributed by atoms with Crippen LogP contribution in [0.25, 0.3) is 0 Å². The second-order valence-corrected chi connectivity index (χ2v) is 17.0. The molecule has 2 aromatic carbocycles. The van der Waals surface area contributed by atoms with Crippen LogP contribution < -0.4 is 14.4 Å². The van der Waals surface area contributed by atoms with Crippen molar-refractivity contribution in [3.05, 3.63) is 70.3 Å². The smallest absolute Gasteiger partial charge is 0.334 e. The number of nitrogens with zero attached hydrogens (tertiary/aromatic N) is 2. The van der Waals surface area contributed by atoms with Crippen molar-refractivity contribution in [2.45, 2.75) is 75.1 Å². The Bertz CT molecular complexity index is 1830. The Labute approximate surface area is 293 Å². The van der Waals surface area contributed by atoms with Crippen molar-refractivity contribution >= 4 is 45.1 Å². The van der Waals surface area contributed by atoms with Crippen molar-refractivity contribution in [2.24, 2.45) is 22.7 Å². The minimum absolute atomic E-state index is 0.00721. The lowest BCUT2D eigenvalue weighted by molar-refractivity contribution is -0.132. The molecule has 1 saturated carbocycles. The van der Waals surface area contributed by atoms with Gasteiger partial charge in [-0.25, -0.2) is 22.9 Å². The zero-order valence-electron chi connectivity index (χ0n) is 28.2. The fourth-order valence-corrected chi connectivity index (χ4v) is 9.99. The van der Waals surface area contributed by atoms with Crippen LogP contribution in [0.3, 0.4) is 0 Å². The highest BCUT2D eigenvalue weighted by atomic mass is 35.5. The molecule has 0 aromatic heterocycles. The molecule has 3 aliphatic heterocycles. The molecule has 262 valence electrons. The number of esters is 1. The highest BCUT2D eigenvalue weighted by Crippen LogP contribution is 2.50. The van der Waals surface area contributed by atoms with E-state index < -0.39 is 26.8 Å². The number of rotatable bonds is 3. The molecule has 1 amide bonds. The summed E-state index contributed by atoms with van der Waals surface area (Å²) in [5, 5.41) is -0.130. The van der Waals surface area contributed by atoms with Crippen LogP contribution in [0.1, 0.15) is 73.9 Å². The summed E-state index contributed by atoms with van der Waals surface area (Å²) in [6.07, 6.45) is 9.48. The number of carbonyl (C=O) groups excluding carboxylic acids is 2. The molecule has 1 N–H and O–H groups in total. The van der Waals surface area contributed by atoms with E-state index in [1.807, 2.05) is 25.1 Å². The fourth-order valence-electron chi connectivity index (χ4n) is 8.51. The van der Waals surface area contributed by atoms with Crippen LogP contribution in [-0.2, 0) is 36.1 Å². The number of methoxy groups -OCH3 is 1. The van der Waals surface area contributed by atoms with Gasteiger partial charge in [-0.2, -0.15) is 0 Å². The van der Waals surface area contributed by atoms with Gasteiger partial charge in [-0.1, -0.05) is 36.7 Å². The van der Waals surface area contributed by atoms with Crippen LogP contribution in [0.15, 0.2) is 53.5 Å². The maximum absolute atomic E-state index is 13.5. The standard InChI is InChI=1S/C37H44ClN3O7S/c1-23-6-4-15-37(46-3,18-33-39-19-34(42)48-33)30-11-8-27(30)20-41-21-36(14-5-7-25-16-28(38)10-12-29(25)36)22-47-32-13-9-26(17-31(32)41)35(43)40-49(44,45)24(23)2/h4,9-10,12-13,15-17,23-24,27,30H,5-8,11,14,18-22H2,1-3H3,(H,40,43)/b15-4-/t23-,24+,27-,30+,36-,37+/m0/s1. The number of nitrogens with one attached hydrogen (secondary N) is 1. The number of anilines is 1. The van der Waals surface area contributed by atoms with Crippen LogP contribution in [0, 0.1) is 17.8 Å². The van der Waals surface area contributed by atoms with Gasteiger partial charge in [0.2, 0.25) is 10.0 Å². The summed E-state index contributed by atoms with van der Waals surface area (Å²) in [4.78, 5) is 32.3. The van der Waals surface area contributed by atoms with Crippen LogP contribution >= 0.6 is 11.6 Å². The van der Waals surface area contributed by atoms with Gasteiger partial charge in [-0.05, 0) is 105 Å². The van der Waals surface area contributed by atoms with Crippen LogP contribution in [0.5, 0.6) is 5.75 Å². The molecule has 2 aromatic rings. The van der Waals surface area contributed by atoms with Gasteiger partial charge in [0, 0.05) is 36.2 Å². The molecule has 6 atom stereocenters. The second kappa shape index (κ2) is 13.0. The minimum Gasteiger partial charge on any atom is -0.490 e. The fraction of sp³-hybridized carbons (Fsp3) is 0.541. The molecule has 3 heterocycles. The Morgan fingerprint density at radius 2 is 1.98 bits per heavy atom. The number of carbonyl (C=O) groups is 2. The molecule has 0 saturated heterocycles. The molecular weight excluding hydrogens is 666 g/mol. The number of amides is 1. The second-order valence-electron chi connectivity index (χ2n) is 14.5. The van der Waals surface area contributed by atoms with Crippen LogP contribution in [0.4, 0.5) is 5.69 Å². The third-order valence-electron chi connectivity index (χ3n) is 11.7. The summed E-state index contributed by atoms with van der Waals surface area (Å²) in [5.41, 5.74) is 2.34. The topological polar surface area (TPSA) is 124 Å². The van der Waals surface area contributed by atoms with Gasteiger partial charge >= 0.3 is 5.97 Å². The van der Waals surface area contributed by atoms with Crippen molar-refractivity contribution in [1.29, 1.82) is 0 Å². The highest BCUT2D eigenvalue weighted by Gasteiger charge is 2.50. The largest absolute Gasteiger partial charge is 0.490 e. The van der Waals surface area contributed by atoms with Gasteiger partial charge in [0.15, 0.2) is 5.90 Å². The number of cyclic esters (lactones) is 1. The molecular formula is C37H44ClN3O7S. The number of fused-ring (bicyclic) bond motifs is 4. The van der Waals surface area contributed by atoms with E-state index in [1.54, 1.807) is 32.2 Å². The Kier molecular flexibility index (Phi) is 9.07. The number of hydrogen-bond acceptors (Lipinski definition) is 9. The Morgan fingerprint density at radius 1 is 1.14 bits per heavy atom. The number of aliphatic imine (C=N–C) groups is 1. The average molecular weight is 710 g/mol. The monoisotopic (exact) mass is 709 g/mol. The number of aryl methyl sites for hydroxylation is 1. The maximum atomic E-state index is 13.5. The van der Waals surface area contributed by atoms with E-state index in [1.165, 1.54) is 11.1 Å². The Balaban J connectivity index is 1.33. The van der Waals surface area contributed by atoms with Gasteiger partial charge in [0.05, 0.1) is 29.6 Å². The van der Waals surface area contributed by atoms with Crippen LogP contribution in [0.2, 0.25) is 5.02 Å². The predicted octanol–water partition coefficient (Wildman–Crippen LogP) is 5.61. The van der Waals surface area contributed by atoms with E-state index in [2.05, 4.69) is 26.7 Å². The molecule has 0 radical (unpaired) electrons. The Morgan fingerprint density at radius 3 is 2.71 bits per heavy atom. The number of sulfonamides is 1. The molecule has 5 aliphatic rings. The molecule has 2 bridgehead atoms. The van der Waals surface area contributed by atoms with Gasteiger partial charge in [0.1, 0.15) is 12.3 Å². The van der Waals surface area contributed by atoms with Crippen LogP contribution in [-0.4, -0.2) is 70.4 Å². The van der Waals surface area contributed by atoms with Crippen molar-refractivity contribution in [2.75, 3.05) is 38.3 Å². The van der Waals surface area contributed by atoms with Crippen molar-refractivity contribution in [3.8, 4) is 5.75 Å². The normalized spacial score (nSPS) is 33.1. The van der Waals surface area contributed by atoms with Gasteiger partial charge < -0.3 is 19.1 Å². The molecule has 10 nitrogen and oxygen atoms in total. The zero-order chi connectivity index (χ0) is 34.6. The number of hydrogen-bond donors (Lipinski definition) is 1. The molecule has 0 unspecified atom stereocenters. The molecule has 1 fully saturated rings. The lowest BCUT2D eigenvalue weighted by Gasteiger charge is -2.50. The summed E-state index contributed by atoms with van der Waals surface area (Å²) >= 11 is 6.45. The number of benzene rings is 2. The van der Waals surface area contributed by atoms with Gasteiger partial charge in [-0.15, -0.1) is 0 Å². The molecule has 2 aliphatic carbocycles. The third kappa shape index (κ3) is 6.38. The lowest BCUT2D eigenvalue weighted by atomic mass is 9.63. The summed E-state index contributed by atoms with van der Waals surface area (Å²) in [5.74, 6) is -0.0710. The van der Waals surface area contributed by atoms with E-state index in [0.29, 0.717) is 49.2 Å². The van der Waals surface area contributed by atoms with Crippen molar-refractivity contribution < 1.29 is 32.2 Å². The highest BCUT2D eigenvalue weighted by molar-refractivity contribution is 7.90. The summed E-state index contributed by atoms with van der Waals surface area (Å²) < 4.78 is 47.8. The van der Waals surface area contributed by atoms with Gasteiger partial charge in [-0.3, -0.25) is 4.79 Å². The molecule has 1 spiro atoms. The zero-order valence-corrected chi connectivity index (χ0v) is 29.8. The summed E-state index contributed by atoms with van der Waals surface area (Å²) in [6, 6.07) is 11.3. The summed E-state index contributed by atoms with van der Waals surface area (Å²) in [7, 11) is -2.32. The first-order chi connectivity index (χ1) is 23.4. The molecule has 49 heavy (non-hydrogen) atoms. The molecule has 7 rings (SSSR count). The van der Waals surface area contributed by atoms with E-state index in [4.69, 9.17) is 25.8 Å². The minimum atomic E-state index is -4.00. The van der Waals surface area contributed by atoms with Crippen molar-refractivity contribution in [1.82, 2.24) is 4.72 Å². The number of halogens is 1. The Hall–Kier alpha value is -3.41. The van der Waals surface area contributed by atoms with E-state index in [9.17, 15) is 18.0 Å². The van der Waals surface area contributed by atoms with E-state index >= 15 is 0 Å². The first kappa shape index (κ1) is 34.1. The third-order valence-corrected chi connectivity index (χ3v) is 13.8. The SMILES string of the molecule is CO[C@@]1(CC2=NCC(=O)O2)/C=C\C[C@H](C)[C@@H](C)S(=O)(=O)NC(=O)c2ccc3c(c2)N(C[C@@H]2CC[C@H]21)C[C@@]1(CCCc2cc(Cl)ccc21)CO3. The average Bonchev–Trinajstić information content (AvgIpc) is 3.40. The molecule has 12 heteroatoms.